The average Bonchev–Trinajstić information content (AvgIpc) is 2.25. The predicted molar refractivity (Wildman–Crippen MR) is 66.8 cm³/mol. The van der Waals surface area contributed by atoms with E-state index in [1.807, 2.05) is 20.8 Å². The van der Waals surface area contributed by atoms with E-state index in [-0.39, 0.29) is 18.5 Å². The van der Waals surface area contributed by atoms with E-state index in [0.29, 0.717) is 5.92 Å². The third kappa shape index (κ3) is 4.89. The van der Waals surface area contributed by atoms with Gasteiger partial charge in [-0.25, -0.2) is 9.59 Å². The van der Waals surface area contributed by atoms with Crippen LogP contribution in [0.25, 0.3) is 0 Å². The summed E-state index contributed by atoms with van der Waals surface area (Å²) in [6.45, 7) is 9.41. The topological polar surface area (TPSA) is 69.6 Å². The van der Waals surface area contributed by atoms with Gasteiger partial charge < -0.3 is 15.3 Å². The zero-order valence-corrected chi connectivity index (χ0v) is 10.9. The molecule has 5 heteroatoms. The van der Waals surface area contributed by atoms with Crippen LogP contribution in [0.15, 0.2) is 12.7 Å². The molecule has 0 fully saturated rings. The van der Waals surface area contributed by atoms with E-state index in [1.165, 1.54) is 11.0 Å². The number of carbonyl (C=O) groups excluding carboxylic acids is 1. The van der Waals surface area contributed by atoms with Crippen molar-refractivity contribution in [3.8, 4) is 0 Å². The fraction of sp³-hybridized carbons (Fsp3) is 0.667. The second-order valence-electron chi connectivity index (χ2n) is 4.46. The highest BCUT2D eigenvalue weighted by Gasteiger charge is 2.23. The van der Waals surface area contributed by atoms with Crippen LogP contribution in [0, 0.1) is 5.92 Å². The third-order valence-electron chi connectivity index (χ3n) is 2.89. The van der Waals surface area contributed by atoms with E-state index >= 15 is 0 Å². The second-order valence-corrected chi connectivity index (χ2v) is 4.46. The summed E-state index contributed by atoms with van der Waals surface area (Å²) in [7, 11) is 1.66. The Morgan fingerprint density at radius 3 is 2.29 bits per heavy atom. The molecule has 17 heavy (non-hydrogen) atoms. The average molecular weight is 242 g/mol. The van der Waals surface area contributed by atoms with Crippen molar-refractivity contribution in [1.29, 1.82) is 0 Å². The third-order valence-corrected chi connectivity index (χ3v) is 2.89. The summed E-state index contributed by atoms with van der Waals surface area (Å²) in [5.41, 5.74) is 0. The Morgan fingerprint density at radius 1 is 1.41 bits per heavy atom. The molecule has 0 rings (SSSR count). The molecule has 2 N–H and O–H groups in total. The lowest BCUT2D eigenvalue weighted by molar-refractivity contribution is -0.139. The first-order chi connectivity index (χ1) is 7.81. The Bertz CT molecular complexity index is 289. The molecular formula is C12H22N2O3. The van der Waals surface area contributed by atoms with Gasteiger partial charge in [-0.05, 0) is 19.3 Å². The summed E-state index contributed by atoms with van der Waals surface area (Å²) in [5.74, 6) is -0.739. The van der Waals surface area contributed by atoms with Crippen LogP contribution in [0.2, 0.25) is 0 Å². The lowest BCUT2D eigenvalue weighted by atomic mass is 10.1. The Morgan fingerprint density at radius 2 is 1.94 bits per heavy atom. The molecule has 0 spiro atoms. The maximum atomic E-state index is 11.8. The smallest absolute Gasteiger partial charge is 0.326 e. The van der Waals surface area contributed by atoms with Gasteiger partial charge >= 0.3 is 12.0 Å². The molecular weight excluding hydrogens is 220 g/mol. The predicted octanol–water partition coefficient (Wildman–Crippen LogP) is 1.70. The van der Waals surface area contributed by atoms with Crippen LogP contribution >= 0.6 is 0 Å². The number of carbonyl (C=O) groups is 2. The molecule has 0 saturated heterocycles. The van der Waals surface area contributed by atoms with Crippen molar-refractivity contribution in [1.82, 2.24) is 10.2 Å². The Labute approximate surface area is 102 Å². The highest BCUT2D eigenvalue weighted by molar-refractivity contribution is 5.82. The number of carboxylic acids is 1. The first kappa shape index (κ1) is 15.5. The quantitative estimate of drug-likeness (QED) is 0.696. The van der Waals surface area contributed by atoms with Crippen molar-refractivity contribution in [3.05, 3.63) is 12.7 Å². The minimum absolute atomic E-state index is 0.0492. The molecule has 2 atom stereocenters. The first-order valence-corrected chi connectivity index (χ1v) is 5.68. The van der Waals surface area contributed by atoms with Crippen molar-refractivity contribution in [2.24, 2.45) is 5.92 Å². The molecule has 0 bridgehead atoms. The highest BCUT2D eigenvalue weighted by Crippen LogP contribution is 2.08. The van der Waals surface area contributed by atoms with Gasteiger partial charge in [0.25, 0.3) is 0 Å². The largest absolute Gasteiger partial charge is 0.480 e. The lowest BCUT2D eigenvalue weighted by Gasteiger charge is -2.29. The van der Waals surface area contributed by atoms with E-state index in [2.05, 4.69) is 11.9 Å². The molecule has 0 aromatic carbocycles. The van der Waals surface area contributed by atoms with E-state index in [4.69, 9.17) is 5.11 Å². The van der Waals surface area contributed by atoms with Crippen LogP contribution in [-0.2, 0) is 4.79 Å². The Kier molecular flexibility index (Phi) is 6.31. The second kappa shape index (κ2) is 6.93. The molecule has 0 aliphatic carbocycles. The fourth-order valence-electron chi connectivity index (χ4n) is 1.27. The zero-order valence-electron chi connectivity index (χ0n) is 10.9. The number of urea groups is 1. The molecule has 5 nitrogen and oxygen atoms in total. The van der Waals surface area contributed by atoms with Gasteiger partial charge in [0.05, 0.1) is 0 Å². The highest BCUT2D eigenvalue weighted by atomic mass is 16.4. The van der Waals surface area contributed by atoms with Gasteiger partial charge in [0, 0.05) is 13.1 Å². The van der Waals surface area contributed by atoms with Crippen LogP contribution in [0.1, 0.15) is 27.2 Å². The van der Waals surface area contributed by atoms with Gasteiger partial charge in [-0.2, -0.15) is 0 Å². The molecule has 0 saturated carbocycles. The number of hydrogen-bond acceptors (Lipinski definition) is 2. The van der Waals surface area contributed by atoms with E-state index in [9.17, 15) is 9.59 Å². The molecule has 2 amide bonds. The zero-order chi connectivity index (χ0) is 13.6. The fourth-order valence-corrected chi connectivity index (χ4v) is 1.27. The summed E-state index contributed by atoms with van der Waals surface area (Å²) in [4.78, 5) is 24.2. The van der Waals surface area contributed by atoms with Gasteiger partial charge in [-0.3, -0.25) is 0 Å². The van der Waals surface area contributed by atoms with Gasteiger partial charge in [0.1, 0.15) is 6.04 Å². The van der Waals surface area contributed by atoms with Crippen LogP contribution in [0.5, 0.6) is 0 Å². The number of amides is 2. The van der Waals surface area contributed by atoms with Gasteiger partial charge in [0.15, 0.2) is 0 Å². The van der Waals surface area contributed by atoms with Gasteiger partial charge in [-0.15, -0.1) is 6.58 Å². The van der Waals surface area contributed by atoms with Gasteiger partial charge in [0.2, 0.25) is 0 Å². The van der Waals surface area contributed by atoms with E-state index < -0.39 is 12.0 Å². The van der Waals surface area contributed by atoms with Crippen LogP contribution < -0.4 is 5.32 Å². The monoisotopic (exact) mass is 242 g/mol. The summed E-state index contributed by atoms with van der Waals surface area (Å²) in [5, 5.41) is 11.4. The molecule has 0 aliphatic heterocycles. The maximum absolute atomic E-state index is 11.8. The normalized spacial score (nSPS) is 13.9. The number of rotatable bonds is 6. The standard InChI is InChI=1S/C12H22N2O3/c1-6-7-10(11(15)16)13-12(17)14(5)9(4)8(2)3/h6,8-10H,1,7H2,2-5H3,(H,13,17)(H,15,16). The van der Waals surface area contributed by atoms with Crippen LogP contribution in [-0.4, -0.2) is 41.1 Å². The Balaban J connectivity index is 4.50. The van der Waals surface area contributed by atoms with Crippen molar-refractivity contribution in [2.45, 2.75) is 39.3 Å². The summed E-state index contributed by atoms with van der Waals surface area (Å²) < 4.78 is 0. The van der Waals surface area contributed by atoms with Crippen molar-refractivity contribution in [2.75, 3.05) is 7.05 Å². The molecule has 98 valence electrons. The minimum Gasteiger partial charge on any atom is -0.480 e. The van der Waals surface area contributed by atoms with Crippen LogP contribution in [0.3, 0.4) is 0 Å². The summed E-state index contributed by atoms with van der Waals surface area (Å²) >= 11 is 0. The van der Waals surface area contributed by atoms with Crippen molar-refractivity contribution >= 4 is 12.0 Å². The SMILES string of the molecule is C=CCC(NC(=O)N(C)C(C)C(C)C)C(=O)O. The number of carboxylic acid groups (broad SMARTS) is 1. The van der Waals surface area contributed by atoms with E-state index in [1.54, 1.807) is 7.05 Å². The van der Waals surface area contributed by atoms with E-state index in [0.717, 1.165) is 0 Å². The van der Waals surface area contributed by atoms with Crippen molar-refractivity contribution in [3.63, 3.8) is 0 Å². The maximum Gasteiger partial charge on any atom is 0.326 e. The molecule has 0 radical (unpaired) electrons. The van der Waals surface area contributed by atoms with Crippen molar-refractivity contribution < 1.29 is 14.7 Å². The lowest BCUT2D eigenvalue weighted by Crippen LogP contribution is -2.50. The Hall–Kier alpha value is -1.52. The number of aliphatic carboxylic acids is 1. The number of nitrogens with one attached hydrogen (secondary N) is 1. The molecule has 2 unspecified atom stereocenters. The van der Waals surface area contributed by atoms with Crippen LogP contribution in [0.4, 0.5) is 4.79 Å². The summed E-state index contributed by atoms with van der Waals surface area (Å²) in [6.07, 6.45) is 1.69. The summed E-state index contributed by atoms with van der Waals surface area (Å²) in [6, 6.07) is -1.24. The molecule has 0 aromatic heterocycles. The molecule has 0 aliphatic rings. The number of nitrogens with zero attached hydrogens (tertiary/aromatic N) is 1. The molecule has 0 aromatic rings. The number of hydrogen-bond donors (Lipinski definition) is 2. The van der Waals surface area contributed by atoms with Gasteiger partial charge in [-0.1, -0.05) is 19.9 Å². The minimum atomic E-state index is -1.05. The molecule has 0 heterocycles. The first-order valence-electron chi connectivity index (χ1n) is 5.68.